The van der Waals surface area contributed by atoms with Gasteiger partial charge in [0.2, 0.25) is 5.91 Å². The van der Waals surface area contributed by atoms with E-state index in [1.165, 1.54) is 0 Å². The van der Waals surface area contributed by atoms with Gasteiger partial charge in [0.15, 0.2) is 0 Å². The summed E-state index contributed by atoms with van der Waals surface area (Å²) in [6.07, 6.45) is 1.67. The van der Waals surface area contributed by atoms with E-state index in [-0.39, 0.29) is 12.5 Å². The topological polar surface area (TPSA) is 95.4 Å². The first-order valence-corrected chi connectivity index (χ1v) is 3.84. The van der Waals surface area contributed by atoms with Gasteiger partial charge >= 0.3 is 5.97 Å². The van der Waals surface area contributed by atoms with Gasteiger partial charge in [0, 0.05) is 0 Å². The molecule has 12 heavy (non-hydrogen) atoms. The average Bonchev–Trinajstić information content (AvgIpc) is 2.70. The first-order valence-electron chi connectivity index (χ1n) is 3.84. The minimum Gasteiger partial charge on any atom is -0.461 e. The molecule has 1 aliphatic carbocycles. The van der Waals surface area contributed by atoms with Crippen molar-refractivity contribution in [2.24, 2.45) is 11.5 Å². The number of esters is 1. The number of rotatable bonds is 4. The Hall–Kier alpha value is -1.10. The smallest absolute Gasteiger partial charge is 0.323 e. The molecule has 0 heterocycles. The summed E-state index contributed by atoms with van der Waals surface area (Å²) in [5.41, 5.74) is 10.2. The maximum absolute atomic E-state index is 11.0. The summed E-state index contributed by atoms with van der Waals surface area (Å²) in [6, 6.07) is -0.900. The third-order valence-electron chi connectivity index (χ3n) is 1.53. The van der Waals surface area contributed by atoms with E-state index in [1.54, 1.807) is 0 Å². The molecule has 4 N–H and O–H groups in total. The lowest BCUT2D eigenvalue weighted by Crippen LogP contribution is -2.36. The summed E-state index contributed by atoms with van der Waals surface area (Å²) >= 11 is 0. The molecule has 0 aromatic carbocycles. The standard InChI is InChI=1S/C7H12N2O3/c8-5(3-6(9)10)7(11)12-4-1-2-4/h4-5H,1-3,8H2,(H2,9,10)/t5-/m0/s1. The van der Waals surface area contributed by atoms with Crippen molar-refractivity contribution in [3.8, 4) is 0 Å². The van der Waals surface area contributed by atoms with Gasteiger partial charge in [0.25, 0.3) is 0 Å². The Labute approximate surface area is 70.0 Å². The van der Waals surface area contributed by atoms with Gasteiger partial charge in [-0.15, -0.1) is 0 Å². The van der Waals surface area contributed by atoms with Crippen molar-refractivity contribution in [2.45, 2.75) is 31.4 Å². The molecule has 0 bridgehead atoms. The van der Waals surface area contributed by atoms with E-state index in [9.17, 15) is 9.59 Å². The first-order chi connectivity index (χ1) is 5.59. The second-order valence-corrected chi connectivity index (χ2v) is 2.91. The quantitative estimate of drug-likeness (QED) is 0.526. The van der Waals surface area contributed by atoms with Crippen LogP contribution in [0.1, 0.15) is 19.3 Å². The first kappa shape index (κ1) is 8.99. The molecule has 0 aliphatic heterocycles. The lowest BCUT2D eigenvalue weighted by Gasteiger charge is -2.08. The van der Waals surface area contributed by atoms with Gasteiger partial charge in [0.05, 0.1) is 6.42 Å². The summed E-state index contributed by atoms with van der Waals surface area (Å²) in [5, 5.41) is 0. The fourth-order valence-corrected chi connectivity index (χ4v) is 0.738. The summed E-state index contributed by atoms with van der Waals surface area (Å²) in [5.74, 6) is -1.12. The van der Waals surface area contributed by atoms with Crippen LogP contribution in [0.4, 0.5) is 0 Å². The van der Waals surface area contributed by atoms with Crippen LogP contribution in [0.5, 0.6) is 0 Å². The van der Waals surface area contributed by atoms with E-state index < -0.39 is 17.9 Å². The van der Waals surface area contributed by atoms with Gasteiger partial charge in [-0.3, -0.25) is 9.59 Å². The molecule has 0 radical (unpaired) electrons. The molecule has 1 saturated carbocycles. The van der Waals surface area contributed by atoms with Crippen molar-refractivity contribution in [3.05, 3.63) is 0 Å². The molecule has 68 valence electrons. The zero-order valence-corrected chi connectivity index (χ0v) is 6.66. The summed E-state index contributed by atoms with van der Waals surface area (Å²) in [6.45, 7) is 0. The Morgan fingerprint density at radius 3 is 2.50 bits per heavy atom. The normalized spacial score (nSPS) is 18.4. The van der Waals surface area contributed by atoms with Crippen molar-refractivity contribution >= 4 is 11.9 Å². The molecule has 1 rings (SSSR count). The Morgan fingerprint density at radius 1 is 1.50 bits per heavy atom. The largest absolute Gasteiger partial charge is 0.461 e. The number of carbonyl (C=O) groups excluding carboxylic acids is 2. The highest BCUT2D eigenvalue weighted by atomic mass is 16.5. The van der Waals surface area contributed by atoms with Crippen LogP contribution in [-0.2, 0) is 14.3 Å². The van der Waals surface area contributed by atoms with Crippen molar-refractivity contribution in [3.63, 3.8) is 0 Å². The molecule has 0 unspecified atom stereocenters. The van der Waals surface area contributed by atoms with E-state index >= 15 is 0 Å². The molecule has 0 aromatic rings. The second-order valence-electron chi connectivity index (χ2n) is 2.91. The number of hydrogen-bond acceptors (Lipinski definition) is 4. The van der Waals surface area contributed by atoms with E-state index in [0.717, 1.165) is 12.8 Å². The van der Waals surface area contributed by atoms with Crippen LogP contribution in [-0.4, -0.2) is 24.0 Å². The molecule has 0 saturated heterocycles. The van der Waals surface area contributed by atoms with Gasteiger partial charge in [-0.05, 0) is 12.8 Å². The van der Waals surface area contributed by atoms with Crippen LogP contribution in [0.15, 0.2) is 0 Å². The predicted molar refractivity (Wildman–Crippen MR) is 40.9 cm³/mol. The number of primary amides is 1. The molecular formula is C7H12N2O3. The average molecular weight is 172 g/mol. The van der Waals surface area contributed by atoms with Crippen molar-refractivity contribution < 1.29 is 14.3 Å². The molecule has 5 nitrogen and oxygen atoms in total. The number of ether oxygens (including phenoxy) is 1. The summed E-state index contributed by atoms with van der Waals surface area (Å²) < 4.78 is 4.85. The van der Waals surface area contributed by atoms with Gasteiger partial charge in [-0.1, -0.05) is 0 Å². The van der Waals surface area contributed by atoms with E-state index in [0.29, 0.717) is 0 Å². The molecule has 1 aliphatic rings. The molecule has 0 spiro atoms. The fraction of sp³-hybridized carbons (Fsp3) is 0.714. The van der Waals surface area contributed by atoms with Crippen LogP contribution < -0.4 is 11.5 Å². The molecule has 1 amide bonds. The van der Waals surface area contributed by atoms with Gasteiger partial charge < -0.3 is 16.2 Å². The van der Waals surface area contributed by atoms with Crippen molar-refractivity contribution in [1.29, 1.82) is 0 Å². The SMILES string of the molecule is NC(=O)C[C@H](N)C(=O)OC1CC1. The molecule has 5 heteroatoms. The fourth-order valence-electron chi connectivity index (χ4n) is 0.738. The second kappa shape index (κ2) is 3.53. The van der Waals surface area contributed by atoms with Crippen LogP contribution in [0.25, 0.3) is 0 Å². The van der Waals surface area contributed by atoms with E-state index in [1.807, 2.05) is 0 Å². The lowest BCUT2D eigenvalue weighted by molar-refractivity contribution is -0.147. The lowest BCUT2D eigenvalue weighted by atomic mass is 10.2. The number of amides is 1. The number of nitrogens with two attached hydrogens (primary N) is 2. The van der Waals surface area contributed by atoms with Crippen molar-refractivity contribution in [1.82, 2.24) is 0 Å². The van der Waals surface area contributed by atoms with E-state index in [4.69, 9.17) is 16.2 Å². The minimum atomic E-state index is -0.900. The highest BCUT2D eigenvalue weighted by Crippen LogP contribution is 2.23. The molecule has 0 aromatic heterocycles. The van der Waals surface area contributed by atoms with Gasteiger partial charge in [-0.25, -0.2) is 0 Å². The number of carbonyl (C=O) groups is 2. The van der Waals surface area contributed by atoms with E-state index in [2.05, 4.69) is 0 Å². The van der Waals surface area contributed by atoms with Crippen LogP contribution in [0.3, 0.4) is 0 Å². The zero-order chi connectivity index (χ0) is 9.14. The summed E-state index contributed by atoms with van der Waals surface area (Å²) in [7, 11) is 0. The van der Waals surface area contributed by atoms with Gasteiger partial charge in [0.1, 0.15) is 12.1 Å². The third kappa shape index (κ3) is 2.87. The van der Waals surface area contributed by atoms with Crippen molar-refractivity contribution in [2.75, 3.05) is 0 Å². The predicted octanol–water partition coefficient (Wildman–Crippen LogP) is -1.11. The Balaban J connectivity index is 2.24. The Morgan fingerprint density at radius 2 is 2.08 bits per heavy atom. The maximum atomic E-state index is 11.0. The monoisotopic (exact) mass is 172 g/mol. The van der Waals surface area contributed by atoms with Crippen LogP contribution in [0, 0.1) is 0 Å². The van der Waals surface area contributed by atoms with Crippen LogP contribution in [0.2, 0.25) is 0 Å². The minimum absolute atomic E-state index is 0.0245. The molecular weight excluding hydrogens is 160 g/mol. The summed E-state index contributed by atoms with van der Waals surface area (Å²) in [4.78, 5) is 21.3. The van der Waals surface area contributed by atoms with Crippen LogP contribution >= 0.6 is 0 Å². The third-order valence-corrected chi connectivity index (χ3v) is 1.53. The number of hydrogen-bond donors (Lipinski definition) is 2. The Kier molecular flexibility index (Phi) is 2.65. The molecule has 1 atom stereocenters. The molecule has 1 fully saturated rings. The highest BCUT2D eigenvalue weighted by molar-refractivity contribution is 5.84. The Bertz CT molecular complexity index is 201. The highest BCUT2D eigenvalue weighted by Gasteiger charge is 2.28. The zero-order valence-electron chi connectivity index (χ0n) is 6.66. The van der Waals surface area contributed by atoms with Gasteiger partial charge in [-0.2, -0.15) is 0 Å². The maximum Gasteiger partial charge on any atom is 0.323 e.